The van der Waals surface area contributed by atoms with E-state index in [1.165, 1.54) is 14.2 Å². The molecule has 0 spiro atoms. The quantitative estimate of drug-likeness (QED) is 0.0839. The molecule has 1 amide bonds. The van der Waals surface area contributed by atoms with E-state index in [-0.39, 0.29) is 18.5 Å². The van der Waals surface area contributed by atoms with Crippen molar-refractivity contribution in [2.75, 3.05) is 27.4 Å². The van der Waals surface area contributed by atoms with E-state index in [0.717, 1.165) is 32.9 Å². The van der Waals surface area contributed by atoms with Gasteiger partial charge >= 0.3 is 5.97 Å². The Labute approximate surface area is 237 Å². The summed E-state index contributed by atoms with van der Waals surface area (Å²) >= 11 is 0. The maximum atomic E-state index is 11.9. The Hall–Kier alpha value is -4.56. The lowest BCUT2D eigenvalue weighted by atomic mass is 10.0. The van der Waals surface area contributed by atoms with E-state index >= 15 is 0 Å². The zero-order valence-electron chi connectivity index (χ0n) is 23.4. The number of esters is 1. The first kappa shape index (κ1) is 34.5. The summed E-state index contributed by atoms with van der Waals surface area (Å²) in [5, 5.41) is 11.1. The van der Waals surface area contributed by atoms with Crippen molar-refractivity contribution in [3.63, 3.8) is 0 Å². The molecular formula is C28H36N6O7. The molecule has 0 bridgehead atoms. The number of carbonyl (C=O) groups is 2. The van der Waals surface area contributed by atoms with Crippen LogP contribution in [-0.2, 0) is 23.8 Å². The number of nitrogens with two attached hydrogens (primary N) is 2. The van der Waals surface area contributed by atoms with Crippen molar-refractivity contribution in [3.05, 3.63) is 89.1 Å². The zero-order chi connectivity index (χ0) is 30.6. The molecule has 2 atom stereocenters. The molecule has 0 aliphatic carbocycles. The second kappa shape index (κ2) is 19.5. The van der Waals surface area contributed by atoms with Crippen LogP contribution in [0.2, 0.25) is 0 Å². The Morgan fingerprint density at radius 1 is 0.878 bits per heavy atom. The molecule has 13 nitrogen and oxygen atoms in total. The maximum absolute atomic E-state index is 11.9. The van der Waals surface area contributed by atoms with Crippen LogP contribution in [0.5, 0.6) is 0 Å². The van der Waals surface area contributed by atoms with Crippen LogP contribution in [0, 0.1) is 4.91 Å². The zero-order valence-corrected chi connectivity index (χ0v) is 23.4. The topological polar surface area (TPSA) is 201 Å². The third-order valence-electron chi connectivity index (χ3n) is 5.28. The van der Waals surface area contributed by atoms with Crippen LogP contribution in [0.3, 0.4) is 0 Å². The summed E-state index contributed by atoms with van der Waals surface area (Å²) in [5.74, 6) is 8.29. The lowest BCUT2D eigenvalue weighted by molar-refractivity contribution is -0.155. The number of carbonyl (C=O) groups excluding carboxylic acids is 2. The third kappa shape index (κ3) is 10.2. The summed E-state index contributed by atoms with van der Waals surface area (Å²) in [4.78, 5) is 40.3. The molecule has 41 heavy (non-hydrogen) atoms. The molecule has 0 saturated carbocycles. The first-order chi connectivity index (χ1) is 19.9. The summed E-state index contributed by atoms with van der Waals surface area (Å²) < 4.78 is 15.4. The molecule has 0 aliphatic rings. The number of hydrogen-bond acceptors (Lipinski definition) is 11. The van der Waals surface area contributed by atoms with Gasteiger partial charge in [-0.05, 0) is 43.7 Å². The minimum atomic E-state index is -0.729. The van der Waals surface area contributed by atoms with Crippen molar-refractivity contribution >= 4 is 33.7 Å². The van der Waals surface area contributed by atoms with Crippen molar-refractivity contribution in [2.45, 2.75) is 26.1 Å². The predicted molar refractivity (Wildman–Crippen MR) is 155 cm³/mol. The van der Waals surface area contributed by atoms with Gasteiger partial charge in [-0.15, -0.1) is 4.91 Å². The molecule has 4 aromatic rings. The van der Waals surface area contributed by atoms with Gasteiger partial charge in [-0.3, -0.25) is 26.0 Å². The fraction of sp³-hybridized carbons (Fsp3) is 0.286. The largest absolute Gasteiger partial charge is 0.464 e. The summed E-state index contributed by atoms with van der Waals surface area (Å²) in [6, 6.07) is 18.6. The Balaban J connectivity index is 0.000000345. The van der Waals surface area contributed by atoms with Crippen LogP contribution >= 0.6 is 0 Å². The number of amides is 1. The molecule has 2 heterocycles. The van der Waals surface area contributed by atoms with Crippen LogP contribution in [0.4, 0.5) is 0 Å². The Morgan fingerprint density at radius 2 is 1.32 bits per heavy atom. The number of nitrogens with zero attached hydrogens (tertiary/aromatic N) is 3. The van der Waals surface area contributed by atoms with Gasteiger partial charge in [-0.2, -0.15) is 0 Å². The minimum absolute atomic E-state index is 0.250. The number of aromatic nitrogens is 2. The summed E-state index contributed by atoms with van der Waals surface area (Å²) in [6.45, 7) is 4.04. The van der Waals surface area contributed by atoms with E-state index < -0.39 is 12.2 Å². The highest BCUT2D eigenvalue weighted by Crippen LogP contribution is 2.26. The van der Waals surface area contributed by atoms with Gasteiger partial charge < -0.3 is 19.3 Å². The summed E-state index contributed by atoms with van der Waals surface area (Å²) in [6.07, 6.45) is 1.99. The molecule has 2 aromatic heterocycles. The smallest absolute Gasteiger partial charge is 0.339 e. The highest BCUT2D eigenvalue weighted by molar-refractivity contribution is 5.90. The fourth-order valence-electron chi connectivity index (χ4n) is 3.73. The van der Waals surface area contributed by atoms with E-state index in [9.17, 15) is 9.59 Å². The molecule has 4 rings (SSSR count). The van der Waals surface area contributed by atoms with Gasteiger partial charge in [0, 0.05) is 54.8 Å². The van der Waals surface area contributed by atoms with E-state index in [0.29, 0.717) is 6.61 Å². The van der Waals surface area contributed by atoms with Gasteiger partial charge in [-0.25, -0.2) is 10.6 Å². The number of aliphatic hydroxyl groups excluding tert-OH is 1. The lowest BCUT2D eigenvalue weighted by Crippen LogP contribution is -2.35. The molecule has 0 aliphatic heterocycles. The van der Waals surface area contributed by atoms with E-state index in [1.807, 2.05) is 60.7 Å². The standard InChI is InChI=1S/C14H15NO3.C12H13N3O2.C2H6O.H2N2O/c1-3-18-14(16)13(17-2)11-6-4-8-12-10(11)7-5-9-15-12;1-17-11(12(16)15-13)9-4-2-6-10-8(9)5-3-7-14-10;2*1-2-3/h4-9,13H,3H2,1-2H3;2-7,11H,13H2,1H3,(H,15,16);3H,2H2,1H3;(H2,1,3). The molecule has 2 aromatic carbocycles. The number of nitroso groups, excluding NO2 is 1. The lowest BCUT2D eigenvalue weighted by Gasteiger charge is -2.15. The number of aliphatic hydroxyl groups is 1. The highest BCUT2D eigenvalue weighted by atomic mass is 16.6. The molecule has 6 N–H and O–H groups in total. The van der Waals surface area contributed by atoms with Gasteiger partial charge in [-0.1, -0.05) is 36.4 Å². The highest BCUT2D eigenvalue weighted by Gasteiger charge is 2.23. The van der Waals surface area contributed by atoms with Crippen LogP contribution in [0.1, 0.15) is 37.2 Å². The van der Waals surface area contributed by atoms with E-state index in [4.69, 9.17) is 30.1 Å². The molecule has 0 saturated heterocycles. The predicted octanol–water partition coefficient (Wildman–Crippen LogP) is 3.02. The van der Waals surface area contributed by atoms with Crippen LogP contribution in [0.25, 0.3) is 21.8 Å². The number of hydrazine groups is 1. The average Bonchev–Trinajstić information content (AvgIpc) is 2.99. The molecule has 220 valence electrons. The van der Waals surface area contributed by atoms with Crippen molar-refractivity contribution in [2.24, 2.45) is 17.0 Å². The van der Waals surface area contributed by atoms with E-state index in [1.54, 1.807) is 31.5 Å². The normalized spacial score (nSPS) is 11.3. The maximum Gasteiger partial charge on any atom is 0.339 e. The Bertz CT molecular complexity index is 1360. The number of nitrogens with one attached hydrogen (secondary N) is 1. The van der Waals surface area contributed by atoms with Crippen molar-refractivity contribution in [1.29, 1.82) is 0 Å². The van der Waals surface area contributed by atoms with Gasteiger partial charge in [0.1, 0.15) is 0 Å². The molecule has 2 unspecified atom stereocenters. The third-order valence-corrected chi connectivity index (χ3v) is 5.28. The molecule has 13 heteroatoms. The minimum Gasteiger partial charge on any atom is -0.464 e. The van der Waals surface area contributed by atoms with Gasteiger partial charge in [0.25, 0.3) is 5.91 Å². The van der Waals surface area contributed by atoms with Gasteiger partial charge in [0.15, 0.2) is 12.2 Å². The summed E-state index contributed by atoms with van der Waals surface area (Å²) in [7, 11) is 2.96. The number of methoxy groups -OCH3 is 2. The Morgan fingerprint density at radius 3 is 1.71 bits per heavy atom. The first-order valence-electron chi connectivity index (χ1n) is 12.4. The van der Waals surface area contributed by atoms with E-state index in [2.05, 4.69) is 21.2 Å². The number of ether oxygens (including phenoxy) is 3. The van der Waals surface area contributed by atoms with Crippen LogP contribution in [0.15, 0.2) is 78.3 Å². The number of fused-ring (bicyclic) bond motifs is 2. The number of benzene rings is 2. The van der Waals surface area contributed by atoms with Crippen LogP contribution in [-0.4, -0.2) is 54.4 Å². The fourth-order valence-corrected chi connectivity index (χ4v) is 3.73. The van der Waals surface area contributed by atoms with Gasteiger partial charge in [0.05, 0.1) is 17.6 Å². The first-order valence-corrected chi connectivity index (χ1v) is 12.4. The monoisotopic (exact) mass is 568 g/mol. The molecular weight excluding hydrogens is 532 g/mol. The molecule has 0 fully saturated rings. The summed E-state index contributed by atoms with van der Waals surface area (Å²) in [5.41, 5.74) is 5.28. The van der Waals surface area contributed by atoms with Crippen molar-refractivity contribution in [1.82, 2.24) is 15.4 Å². The SMILES string of the molecule is CCO.CCOC(=O)C(OC)c1cccc2ncccc12.COC(C(=O)NN)c1cccc2ncccc12.NN=O. The van der Waals surface area contributed by atoms with Gasteiger partial charge in [0.2, 0.25) is 0 Å². The number of pyridine rings is 2. The average molecular weight is 569 g/mol. The number of hydrogen-bond donors (Lipinski definition) is 4. The Kier molecular flexibility index (Phi) is 16.4. The van der Waals surface area contributed by atoms with Crippen LogP contribution < -0.4 is 17.1 Å². The van der Waals surface area contributed by atoms with Crippen molar-refractivity contribution < 1.29 is 28.9 Å². The second-order valence-electron chi connectivity index (χ2n) is 7.75. The number of rotatable bonds is 7. The molecule has 0 radical (unpaired) electrons. The second-order valence-corrected chi connectivity index (χ2v) is 7.75. The van der Waals surface area contributed by atoms with Crippen molar-refractivity contribution in [3.8, 4) is 0 Å².